The van der Waals surface area contributed by atoms with Crippen LogP contribution in [0.4, 0.5) is 10.1 Å². The Morgan fingerprint density at radius 3 is 2.44 bits per heavy atom. The highest BCUT2D eigenvalue weighted by molar-refractivity contribution is 7.80. The van der Waals surface area contributed by atoms with Crippen molar-refractivity contribution < 1.29 is 9.29 Å². The van der Waals surface area contributed by atoms with Gasteiger partial charge in [0.05, 0.1) is 32.7 Å². The summed E-state index contributed by atoms with van der Waals surface area (Å²) in [7, 11) is 0. The molecule has 130 valence electrons. The van der Waals surface area contributed by atoms with Crippen LogP contribution in [0.25, 0.3) is 6.08 Å². The van der Waals surface area contributed by atoms with Gasteiger partial charge in [-0.25, -0.2) is 4.39 Å². The molecule has 0 spiro atoms. The summed E-state index contributed by atoms with van der Waals surface area (Å²) in [5.41, 5.74) is 2.07. The van der Waals surface area contributed by atoms with Crippen molar-refractivity contribution in [2.75, 3.05) is 38.0 Å². The number of halogens is 1. The second kappa shape index (κ2) is 8.74. The molecular weight excluding hydrogens is 333 g/mol. The molecule has 0 atom stereocenters. The second-order valence-electron chi connectivity index (χ2n) is 6.19. The van der Waals surface area contributed by atoms with Crippen LogP contribution >= 0.6 is 12.2 Å². The molecule has 0 unspecified atom stereocenters. The summed E-state index contributed by atoms with van der Waals surface area (Å²) in [6.07, 6.45) is 4.43. The lowest BCUT2D eigenvalue weighted by molar-refractivity contribution is -0.897. The lowest BCUT2D eigenvalue weighted by Gasteiger charge is -2.33. The Hall–Kier alpha value is -2.24. The van der Waals surface area contributed by atoms with E-state index in [-0.39, 0.29) is 5.82 Å². The highest BCUT2D eigenvalue weighted by atomic mass is 32.1. The minimum absolute atomic E-state index is 0.239. The third kappa shape index (κ3) is 5.37. The van der Waals surface area contributed by atoms with Gasteiger partial charge in [0.1, 0.15) is 5.82 Å². The first kappa shape index (κ1) is 17.6. The molecule has 5 heteroatoms. The van der Waals surface area contributed by atoms with Crippen LogP contribution in [-0.4, -0.2) is 42.7 Å². The average Bonchev–Trinajstić information content (AvgIpc) is 2.65. The Balaban J connectivity index is 1.42. The molecule has 2 N–H and O–H groups in total. The standard InChI is InChI=1S/C20H22FN3S/c21-18-8-10-19(11-9-18)22-20(25)24-15-13-23(14-16-24)12-4-7-17-5-2-1-3-6-17/h1-11H,12-16H2,(H,22,25)/p+1/b7-4+. The normalized spacial score (nSPS) is 15.5. The quantitative estimate of drug-likeness (QED) is 0.821. The fourth-order valence-electron chi connectivity index (χ4n) is 2.89. The Bertz CT molecular complexity index is 707. The minimum atomic E-state index is -0.239. The second-order valence-corrected chi connectivity index (χ2v) is 6.58. The predicted octanol–water partition coefficient (Wildman–Crippen LogP) is 2.44. The molecule has 0 amide bonds. The molecule has 0 aliphatic carbocycles. The van der Waals surface area contributed by atoms with Crippen LogP contribution in [0.5, 0.6) is 0 Å². The van der Waals surface area contributed by atoms with Crippen molar-refractivity contribution in [3.05, 3.63) is 72.1 Å². The molecule has 3 nitrogen and oxygen atoms in total. The average molecular weight is 356 g/mol. The maximum absolute atomic E-state index is 13.0. The van der Waals surface area contributed by atoms with Crippen LogP contribution in [0.2, 0.25) is 0 Å². The fraction of sp³-hybridized carbons (Fsp3) is 0.250. The predicted molar refractivity (Wildman–Crippen MR) is 105 cm³/mol. The Labute approximate surface area is 153 Å². The molecule has 1 saturated heterocycles. The highest BCUT2D eigenvalue weighted by Gasteiger charge is 2.20. The van der Waals surface area contributed by atoms with E-state index in [1.807, 2.05) is 6.07 Å². The molecule has 0 saturated carbocycles. The fourth-order valence-corrected chi connectivity index (χ4v) is 3.19. The van der Waals surface area contributed by atoms with Crippen molar-refractivity contribution in [1.29, 1.82) is 0 Å². The van der Waals surface area contributed by atoms with Crippen LogP contribution in [0.1, 0.15) is 5.56 Å². The maximum atomic E-state index is 13.0. The number of benzene rings is 2. The molecule has 1 fully saturated rings. The zero-order valence-electron chi connectivity index (χ0n) is 14.1. The zero-order valence-corrected chi connectivity index (χ0v) is 14.9. The number of thiocarbonyl (C=S) groups is 1. The Kier molecular flexibility index (Phi) is 6.14. The van der Waals surface area contributed by atoms with Crippen LogP contribution < -0.4 is 10.2 Å². The van der Waals surface area contributed by atoms with Crippen molar-refractivity contribution in [2.45, 2.75) is 0 Å². The van der Waals surface area contributed by atoms with Gasteiger partial charge in [-0.3, -0.25) is 0 Å². The first-order chi connectivity index (χ1) is 12.2. The van der Waals surface area contributed by atoms with Crippen molar-refractivity contribution in [1.82, 2.24) is 4.90 Å². The lowest BCUT2D eigenvalue weighted by Crippen LogP contribution is -3.14. The Morgan fingerprint density at radius 2 is 1.76 bits per heavy atom. The molecule has 0 bridgehead atoms. The largest absolute Gasteiger partial charge is 0.338 e. The highest BCUT2D eigenvalue weighted by Crippen LogP contribution is 2.09. The number of hydrogen-bond donors (Lipinski definition) is 2. The molecule has 25 heavy (non-hydrogen) atoms. The van der Waals surface area contributed by atoms with Gasteiger partial charge < -0.3 is 15.1 Å². The van der Waals surface area contributed by atoms with Gasteiger partial charge in [0.25, 0.3) is 0 Å². The van der Waals surface area contributed by atoms with Gasteiger partial charge in [0.15, 0.2) is 5.11 Å². The molecule has 1 aliphatic heterocycles. The molecule has 2 aromatic carbocycles. The van der Waals surface area contributed by atoms with E-state index in [0.29, 0.717) is 5.11 Å². The minimum Gasteiger partial charge on any atom is -0.338 e. The number of quaternary nitrogens is 1. The summed E-state index contributed by atoms with van der Waals surface area (Å²) in [5, 5.41) is 3.90. The monoisotopic (exact) mass is 356 g/mol. The van der Waals surface area contributed by atoms with Gasteiger partial charge >= 0.3 is 0 Å². The van der Waals surface area contributed by atoms with Crippen molar-refractivity contribution >= 4 is 29.1 Å². The van der Waals surface area contributed by atoms with Gasteiger partial charge in [-0.15, -0.1) is 0 Å². The molecule has 0 radical (unpaired) electrons. The van der Waals surface area contributed by atoms with E-state index in [1.54, 1.807) is 17.0 Å². The smallest absolute Gasteiger partial charge is 0.173 e. The van der Waals surface area contributed by atoms with Gasteiger partial charge in [-0.05, 0) is 48.1 Å². The number of nitrogens with one attached hydrogen (secondary N) is 2. The van der Waals surface area contributed by atoms with Crippen LogP contribution in [-0.2, 0) is 0 Å². The summed E-state index contributed by atoms with van der Waals surface area (Å²) in [5.74, 6) is -0.239. The van der Waals surface area contributed by atoms with E-state index >= 15 is 0 Å². The van der Waals surface area contributed by atoms with E-state index < -0.39 is 0 Å². The molecular formula is C20H23FN3S+. The number of hydrogen-bond acceptors (Lipinski definition) is 1. The SMILES string of the molecule is Fc1ccc(NC(=S)N2CC[NH+](C/C=C/c3ccccc3)CC2)cc1. The number of rotatable bonds is 4. The van der Waals surface area contributed by atoms with Crippen LogP contribution in [0, 0.1) is 5.82 Å². The lowest BCUT2D eigenvalue weighted by atomic mass is 10.2. The molecule has 3 rings (SSSR count). The van der Waals surface area contributed by atoms with E-state index in [1.165, 1.54) is 17.7 Å². The van der Waals surface area contributed by atoms with Crippen molar-refractivity contribution in [3.63, 3.8) is 0 Å². The van der Waals surface area contributed by atoms with Gasteiger partial charge in [0.2, 0.25) is 0 Å². The first-order valence-electron chi connectivity index (χ1n) is 8.57. The van der Waals surface area contributed by atoms with E-state index in [4.69, 9.17) is 12.2 Å². The molecule has 1 aliphatic rings. The van der Waals surface area contributed by atoms with Gasteiger partial charge in [-0.2, -0.15) is 0 Å². The third-order valence-corrected chi connectivity index (χ3v) is 4.73. The molecule has 2 aromatic rings. The van der Waals surface area contributed by atoms with E-state index in [2.05, 4.69) is 46.6 Å². The summed E-state index contributed by atoms with van der Waals surface area (Å²) < 4.78 is 13.0. The maximum Gasteiger partial charge on any atom is 0.173 e. The number of anilines is 1. The Morgan fingerprint density at radius 1 is 1.08 bits per heavy atom. The summed E-state index contributed by atoms with van der Waals surface area (Å²) in [4.78, 5) is 3.75. The summed E-state index contributed by atoms with van der Waals surface area (Å²) in [6.45, 7) is 5.01. The number of nitrogens with zero attached hydrogens (tertiary/aromatic N) is 1. The van der Waals surface area contributed by atoms with E-state index in [0.717, 1.165) is 38.4 Å². The number of piperazine rings is 1. The van der Waals surface area contributed by atoms with Crippen LogP contribution in [0.15, 0.2) is 60.7 Å². The van der Waals surface area contributed by atoms with Gasteiger partial charge in [-0.1, -0.05) is 36.4 Å². The summed E-state index contributed by atoms with van der Waals surface area (Å²) >= 11 is 5.48. The third-order valence-electron chi connectivity index (χ3n) is 4.37. The van der Waals surface area contributed by atoms with Crippen LogP contribution in [0.3, 0.4) is 0 Å². The van der Waals surface area contributed by atoms with Crippen molar-refractivity contribution in [3.8, 4) is 0 Å². The summed E-state index contributed by atoms with van der Waals surface area (Å²) in [6, 6.07) is 16.7. The first-order valence-corrected chi connectivity index (χ1v) is 8.98. The van der Waals surface area contributed by atoms with Gasteiger partial charge in [0, 0.05) is 5.69 Å². The van der Waals surface area contributed by atoms with E-state index in [9.17, 15) is 4.39 Å². The zero-order chi connectivity index (χ0) is 17.5. The molecule has 1 heterocycles. The molecule has 0 aromatic heterocycles. The van der Waals surface area contributed by atoms with Crippen molar-refractivity contribution in [2.24, 2.45) is 0 Å². The topological polar surface area (TPSA) is 19.7 Å².